The highest BCUT2D eigenvalue weighted by Gasteiger charge is 2.35. The smallest absolute Gasteiger partial charge is 0.303 e. The van der Waals surface area contributed by atoms with Crippen LogP contribution in [0.15, 0.2) is 0 Å². The lowest BCUT2D eigenvalue weighted by Gasteiger charge is -2.25. The lowest BCUT2D eigenvalue weighted by atomic mass is 9.80. The Morgan fingerprint density at radius 3 is 2.64 bits per heavy atom. The highest BCUT2D eigenvalue weighted by atomic mass is 16.4. The van der Waals surface area contributed by atoms with Gasteiger partial charge in [-0.1, -0.05) is 20.3 Å². The predicted octanol–water partition coefficient (Wildman–Crippen LogP) is 2.29. The van der Waals surface area contributed by atoms with Crippen molar-refractivity contribution < 1.29 is 9.90 Å². The third-order valence-electron chi connectivity index (χ3n) is 2.90. The summed E-state index contributed by atoms with van der Waals surface area (Å²) in [5.74, 6) is -0.245. The lowest BCUT2D eigenvalue weighted by molar-refractivity contribution is -0.138. The average molecular weight is 156 g/mol. The largest absolute Gasteiger partial charge is 0.481 e. The van der Waals surface area contributed by atoms with Crippen LogP contribution in [-0.4, -0.2) is 11.1 Å². The standard InChI is InChI=1S/C9H16O2/c1-9(2)5-3-4-7(9)6-8(10)11/h7H,3-6H2,1-2H3,(H,10,11). The van der Waals surface area contributed by atoms with Crippen LogP contribution in [0.5, 0.6) is 0 Å². The third-order valence-corrected chi connectivity index (χ3v) is 2.90. The normalized spacial score (nSPS) is 28.7. The summed E-state index contributed by atoms with van der Waals surface area (Å²) in [7, 11) is 0. The van der Waals surface area contributed by atoms with Crippen LogP contribution in [0.2, 0.25) is 0 Å². The molecule has 1 fully saturated rings. The fraction of sp³-hybridized carbons (Fsp3) is 0.889. The zero-order valence-corrected chi connectivity index (χ0v) is 7.26. The van der Waals surface area contributed by atoms with Crippen LogP contribution >= 0.6 is 0 Å². The summed E-state index contributed by atoms with van der Waals surface area (Å²) in [6.07, 6.45) is 3.84. The first kappa shape index (κ1) is 8.57. The molecule has 0 aliphatic heterocycles. The number of carboxylic acid groups (broad SMARTS) is 1. The molecule has 1 saturated carbocycles. The molecule has 1 N–H and O–H groups in total. The van der Waals surface area contributed by atoms with Gasteiger partial charge >= 0.3 is 5.97 Å². The van der Waals surface area contributed by atoms with Gasteiger partial charge < -0.3 is 5.11 Å². The maximum Gasteiger partial charge on any atom is 0.303 e. The zero-order chi connectivity index (χ0) is 8.48. The van der Waals surface area contributed by atoms with Crippen LogP contribution in [0.25, 0.3) is 0 Å². The van der Waals surface area contributed by atoms with Crippen molar-refractivity contribution in [2.75, 3.05) is 0 Å². The molecular weight excluding hydrogens is 140 g/mol. The quantitative estimate of drug-likeness (QED) is 0.666. The number of carbonyl (C=O) groups is 1. The molecule has 1 aliphatic rings. The van der Waals surface area contributed by atoms with Crippen molar-refractivity contribution in [2.45, 2.75) is 39.5 Å². The molecule has 0 amide bonds. The Kier molecular flexibility index (Phi) is 2.21. The second kappa shape index (κ2) is 2.84. The second-order valence-electron chi connectivity index (χ2n) is 4.18. The summed E-state index contributed by atoms with van der Waals surface area (Å²) in [5.41, 5.74) is 0.262. The minimum atomic E-state index is -0.648. The van der Waals surface area contributed by atoms with Crippen LogP contribution in [0, 0.1) is 11.3 Å². The Morgan fingerprint density at radius 1 is 1.64 bits per heavy atom. The fourth-order valence-electron chi connectivity index (χ4n) is 1.99. The number of hydrogen-bond acceptors (Lipinski definition) is 1. The van der Waals surface area contributed by atoms with Crippen LogP contribution in [0.4, 0.5) is 0 Å². The molecule has 0 radical (unpaired) electrons. The Hall–Kier alpha value is -0.530. The van der Waals surface area contributed by atoms with Crippen molar-refractivity contribution in [2.24, 2.45) is 11.3 Å². The van der Waals surface area contributed by atoms with Crippen molar-refractivity contribution in [1.82, 2.24) is 0 Å². The maximum absolute atomic E-state index is 10.4. The van der Waals surface area contributed by atoms with E-state index in [1.165, 1.54) is 12.8 Å². The summed E-state index contributed by atoms with van der Waals surface area (Å²) in [6.45, 7) is 4.35. The predicted molar refractivity (Wildman–Crippen MR) is 43.4 cm³/mol. The Morgan fingerprint density at radius 2 is 2.27 bits per heavy atom. The number of rotatable bonds is 2. The van der Waals surface area contributed by atoms with Crippen molar-refractivity contribution in [3.05, 3.63) is 0 Å². The Balaban J connectivity index is 2.51. The van der Waals surface area contributed by atoms with E-state index in [0.29, 0.717) is 12.3 Å². The minimum absolute atomic E-state index is 0.262. The van der Waals surface area contributed by atoms with Gasteiger partial charge in [-0.15, -0.1) is 0 Å². The van der Waals surface area contributed by atoms with E-state index in [0.717, 1.165) is 6.42 Å². The summed E-state index contributed by atoms with van der Waals surface area (Å²) in [5, 5.41) is 8.61. The molecule has 1 rings (SSSR count). The molecule has 1 aliphatic carbocycles. The second-order valence-corrected chi connectivity index (χ2v) is 4.18. The lowest BCUT2D eigenvalue weighted by Crippen LogP contribution is -2.20. The molecule has 11 heavy (non-hydrogen) atoms. The maximum atomic E-state index is 10.4. The molecule has 64 valence electrons. The average Bonchev–Trinajstić information content (AvgIpc) is 2.10. The molecule has 0 aromatic heterocycles. The van der Waals surface area contributed by atoms with Crippen molar-refractivity contribution in [1.29, 1.82) is 0 Å². The summed E-state index contributed by atoms with van der Waals surface area (Å²) < 4.78 is 0. The first-order valence-corrected chi connectivity index (χ1v) is 4.24. The highest BCUT2D eigenvalue weighted by Crippen LogP contribution is 2.44. The number of carboxylic acids is 1. The SMILES string of the molecule is CC1(C)CCCC1CC(=O)O. The van der Waals surface area contributed by atoms with Gasteiger partial charge in [0.15, 0.2) is 0 Å². The first-order valence-electron chi connectivity index (χ1n) is 4.24. The molecule has 0 aromatic carbocycles. The van der Waals surface area contributed by atoms with Gasteiger partial charge in [-0.05, 0) is 24.2 Å². The summed E-state index contributed by atoms with van der Waals surface area (Å²) in [4.78, 5) is 10.4. The number of aliphatic carboxylic acids is 1. The van der Waals surface area contributed by atoms with Crippen molar-refractivity contribution in [3.8, 4) is 0 Å². The van der Waals surface area contributed by atoms with Gasteiger partial charge in [0, 0.05) is 6.42 Å². The van der Waals surface area contributed by atoms with Crippen molar-refractivity contribution >= 4 is 5.97 Å². The third kappa shape index (κ3) is 1.95. The van der Waals surface area contributed by atoms with Gasteiger partial charge in [0.1, 0.15) is 0 Å². The van der Waals surface area contributed by atoms with Crippen LogP contribution in [0.1, 0.15) is 39.5 Å². The summed E-state index contributed by atoms with van der Waals surface area (Å²) >= 11 is 0. The first-order chi connectivity index (χ1) is 5.02. The van der Waals surface area contributed by atoms with E-state index in [1.54, 1.807) is 0 Å². The molecule has 0 aromatic rings. The van der Waals surface area contributed by atoms with Gasteiger partial charge in [-0.25, -0.2) is 0 Å². The van der Waals surface area contributed by atoms with E-state index in [9.17, 15) is 4.79 Å². The van der Waals surface area contributed by atoms with Gasteiger partial charge in [-0.2, -0.15) is 0 Å². The highest BCUT2D eigenvalue weighted by molar-refractivity contribution is 5.67. The van der Waals surface area contributed by atoms with E-state index >= 15 is 0 Å². The van der Waals surface area contributed by atoms with E-state index in [4.69, 9.17) is 5.11 Å². The summed E-state index contributed by atoms with van der Waals surface area (Å²) in [6, 6.07) is 0. The van der Waals surface area contributed by atoms with Gasteiger partial charge in [0.2, 0.25) is 0 Å². The molecule has 0 saturated heterocycles. The molecule has 0 heterocycles. The monoisotopic (exact) mass is 156 g/mol. The van der Waals surface area contributed by atoms with Gasteiger partial charge in [-0.3, -0.25) is 4.79 Å². The molecule has 0 spiro atoms. The zero-order valence-electron chi connectivity index (χ0n) is 7.26. The fourth-order valence-corrected chi connectivity index (χ4v) is 1.99. The van der Waals surface area contributed by atoms with Crippen LogP contribution in [-0.2, 0) is 4.79 Å². The molecular formula is C9H16O2. The minimum Gasteiger partial charge on any atom is -0.481 e. The molecule has 0 bridgehead atoms. The van der Waals surface area contributed by atoms with E-state index in [2.05, 4.69) is 13.8 Å². The van der Waals surface area contributed by atoms with E-state index in [-0.39, 0.29) is 5.41 Å². The Labute approximate surface area is 67.6 Å². The molecule has 2 heteroatoms. The van der Waals surface area contributed by atoms with Gasteiger partial charge in [0.05, 0.1) is 0 Å². The van der Waals surface area contributed by atoms with Gasteiger partial charge in [0.25, 0.3) is 0 Å². The van der Waals surface area contributed by atoms with E-state index < -0.39 is 5.97 Å². The molecule has 2 nitrogen and oxygen atoms in total. The van der Waals surface area contributed by atoms with Crippen LogP contribution < -0.4 is 0 Å². The van der Waals surface area contributed by atoms with Crippen LogP contribution in [0.3, 0.4) is 0 Å². The van der Waals surface area contributed by atoms with E-state index in [1.807, 2.05) is 0 Å². The number of hydrogen-bond donors (Lipinski definition) is 1. The Bertz CT molecular complexity index is 161. The molecule has 1 atom stereocenters. The topological polar surface area (TPSA) is 37.3 Å². The van der Waals surface area contributed by atoms with Crippen molar-refractivity contribution in [3.63, 3.8) is 0 Å². The molecule has 1 unspecified atom stereocenters.